The van der Waals surface area contributed by atoms with E-state index < -0.39 is 36.5 Å². The summed E-state index contributed by atoms with van der Waals surface area (Å²) in [4.78, 5) is 36.5. The largest absolute Gasteiger partial charge is 0.480 e. The van der Waals surface area contributed by atoms with Gasteiger partial charge >= 0.3 is 5.97 Å². The molecule has 0 unspecified atom stereocenters. The number of hydrogen-bond donors (Lipinski definition) is 5. The Morgan fingerprint density at radius 1 is 0.939 bits per heavy atom. The van der Waals surface area contributed by atoms with Crippen LogP contribution in [0.3, 0.4) is 0 Å². The molecule has 33 heavy (non-hydrogen) atoms. The predicted molar refractivity (Wildman–Crippen MR) is 128 cm³/mol. The van der Waals surface area contributed by atoms with E-state index in [4.69, 9.17) is 33.4 Å². The van der Waals surface area contributed by atoms with E-state index in [0.29, 0.717) is 33.4 Å². The second kappa shape index (κ2) is 12.4. The number of carboxylic acids is 1. The molecule has 178 valence electrons. The first kappa shape index (κ1) is 26.4. The van der Waals surface area contributed by atoms with E-state index in [1.54, 1.807) is 42.5 Å². The lowest BCUT2D eigenvalue weighted by Crippen LogP contribution is -2.53. The van der Waals surface area contributed by atoms with Gasteiger partial charge in [0.15, 0.2) is 0 Å². The number of anilines is 2. The van der Waals surface area contributed by atoms with Crippen LogP contribution in [0.2, 0.25) is 10.0 Å². The molecule has 0 aromatic heterocycles. The van der Waals surface area contributed by atoms with E-state index in [2.05, 4.69) is 16.0 Å². The first-order valence-corrected chi connectivity index (χ1v) is 11.1. The number of rotatable bonds is 11. The number of benzene rings is 2. The van der Waals surface area contributed by atoms with Gasteiger partial charge in [-0.15, -0.1) is 0 Å². The Bertz CT molecular complexity index is 980. The lowest BCUT2D eigenvalue weighted by atomic mass is 10.0. The molecule has 2 aromatic rings. The monoisotopic (exact) mass is 495 g/mol. The highest BCUT2D eigenvalue weighted by Crippen LogP contribution is 2.33. The molecule has 2 rings (SSSR count). The third-order valence-corrected chi connectivity index (χ3v) is 5.38. The van der Waals surface area contributed by atoms with Crippen molar-refractivity contribution in [3.8, 4) is 0 Å². The van der Waals surface area contributed by atoms with Crippen molar-refractivity contribution >= 4 is 52.4 Å². The van der Waals surface area contributed by atoms with Crippen molar-refractivity contribution in [1.82, 2.24) is 10.6 Å². The molecule has 0 aliphatic heterocycles. The van der Waals surface area contributed by atoms with E-state index in [9.17, 15) is 14.4 Å². The minimum atomic E-state index is -1.45. The second-order valence-corrected chi connectivity index (χ2v) is 8.70. The topological polar surface area (TPSA) is 128 Å². The molecular weight excluding hydrogens is 469 g/mol. The van der Waals surface area contributed by atoms with Crippen LogP contribution < -0.4 is 16.0 Å². The van der Waals surface area contributed by atoms with Crippen LogP contribution in [0, 0.1) is 5.92 Å². The Morgan fingerprint density at radius 2 is 1.58 bits per heavy atom. The third-order valence-electron chi connectivity index (χ3n) is 4.75. The lowest BCUT2D eigenvalue weighted by Gasteiger charge is -2.22. The van der Waals surface area contributed by atoms with Crippen LogP contribution in [0.4, 0.5) is 11.4 Å². The standard InChI is InChI=1S/C23H27Cl2N3O5/c1-13(2)10-18(22(31)28-19(12-29)23(32)33)26-20(30)11-14-6-3-4-9-17(14)27-21-15(24)7-5-8-16(21)25/h3-9,13,18-19,27,29H,10-12H2,1-2H3,(H,26,30)(H,28,31)(H,32,33)/t18-,19-/m0/s1. The average Bonchev–Trinajstić information content (AvgIpc) is 2.74. The van der Waals surface area contributed by atoms with Gasteiger partial charge < -0.3 is 26.2 Å². The fourth-order valence-corrected chi connectivity index (χ4v) is 3.62. The van der Waals surface area contributed by atoms with Gasteiger partial charge in [-0.25, -0.2) is 4.79 Å². The van der Waals surface area contributed by atoms with Crippen molar-refractivity contribution in [2.75, 3.05) is 11.9 Å². The van der Waals surface area contributed by atoms with Gasteiger partial charge in [0, 0.05) is 5.69 Å². The molecule has 2 amide bonds. The number of hydrogen-bond acceptors (Lipinski definition) is 5. The van der Waals surface area contributed by atoms with Crippen LogP contribution in [0.15, 0.2) is 42.5 Å². The zero-order chi connectivity index (χ0) is 24.5. The van der Waals surface area contributed by atoms with E-state index in [0.717, 1.165) is 0 Å². The van der Waals surface area contributed by atoms with E-state index in [1.807, 2.05) is 13.8 Å². The number of aliphatic hydroxyl groups excluding tert-OH is 1. The highest BCUT2D eigenvalue weighted by atomic mass is 35.5. The molecule has 0 fully saturated rings. The summed E-state index contributed by atoms with van der Waals surface area (Å²) >= 11 is 12.5. The first-order valence-electron chi connectivity index (χ1n) is 10.3. The Labute approximate surface area is 202 Å². The van der Waals surface area contributed by atoms with E-state index in [-0.39, 0.29) is 12.3 Å². The number of para-hydroxylation sites is 2. The molecule has 2 aromatic carbocycles. The molecule has 0 bridgehead atoms. The van der Waals surface area contributed by atoms with E-state index in [1.165, 1.54) is 0 Å². The normalized spacial score (nSPS) is 12.7. The summed E-state index contributed by atoms with van der Waals surface area (Å²) in [6.45, 7) is 2.99. The van der Waals surface area contributed by atoms with Gasteiger partial charge in [0.25, 0.3) is 0 Å². The molecule has 0 radical (unpaired) electrons. The van der Waals surface area contributed by atoms with Gasteiger partial charge in [-0.1, -0.05) is 61.3 Å². The summed E-state index contributed by atoms with van der Waals surface area (Å²) in [5.41, 5.74) is 1.78. The molecule has 0 saturated carbocycles. The summed E-state index contributed by atoms with van der Waals surface area (Å²) in [6.07, 6.45) is 0.250. The van der Waals surface area contributed by atoms with Gasteiger partial charge in [-0.05, 0) is 36.1 Å². The van der Waals surface area contributed by atoms with Crippen LogP contribution in [0.25, 0.3) is 0 Å². The summed E-state index contributed by atoms with van der Waals surface area (Å²) in [5.74, 6) is -2.41. The number of carbonyl (C=O) groups excluding carboxylic acids is 2. The summed E-state index contributed by atoms with van der Waals surface area (Å²) in [7, 11) is 0. The van der Waals surface area contributed by atoms with Crippen LogP contribution in [-0.2, 0) is 20.8 Å². The number of aliphatic carboxylic acids is 1. The summed E-state index contributed by atoms with van der Waals surface area (Å²) < 4.78 is 0. The van der Waals surface area contributed by atoms with Gasteiger partial charge in [0.05, 0.1) is 28.8 Å². The lowest BCUT2D eigenvalue weighted by molar-refractivity contribution is -0.143. The number of amides is 2. The minimum Gasteiger partial charge on any atom is -0.480 e. The Balaban J connectivity index is 2.16. The molecule has 0 aliphatic carbocycles. The van der Waals surface area contributed by atoms with Crippen molar-refractivity contribution < 1.29 is 24.6 Å². The summed E-state index contributed by atoms with van der Waals surface area (Å²) in [5, 5.41) is 27.2. The fourth-order valence-electron chi connectivity index (χ4n) is 3.13. The quantitative estimate of drug-likeness (QED) is 0.325. The average molecular weight is 496 g/mol. The number of carbonyl (C=O) groups is 3. The van der Waals surface area contributed by atoms with Gasteiger partial charge in [0.2, 0.25) is 11.8 Å². The highest BCUT2D eigenvalue weighted by Gasteiger charge is 2.27. The number of carboxylic acid groups (broad SMARTS) is 1. The van der Waals surface area contributed by atoms with Crippen LogP contribution in [0.5, 0.6) is 0 Å². The van der Waals surface area contributed by atoms with Crippen molar-refractivity contribution in [3.05, 3.63) is 58.1 Å². The smallest absolute Gasteiger partial charge is 0.328 e. The molecule has 0 aliphatic rings. The van der Waals surface area contributed by atoms with Crippen molar-refractivity contribution in [1.29, 1.82) is 0 Å². The fraction of sp³-hybridized carbons (Fsp3) is 0.348. The Morgan fingerprint density at radius 3 is 2.15 bits per heavy atom. The maximum atomic E-state index is 12.8. The van der Waals surface area contributed by atoms with Gasteiger partial charge in [0.1, 0.15) is 12.1 Å². The maximum Gasteiger partial charge on any atom is 0.328 e. The van der Waals surface area contributed by atoms with Gasteiger partial charge in [-0.3, -0.25) is 9.59 Å². The number of nitrogens with one attached hydrogen (secondary N) is 3. The van der Waals surface area contributed by atoms with E-state index >= 15 is 0 Å². The van der Waals surface area contributed by atoms with Crippen LogP contribution >= 0.6 is 23.2 Å². The maximum absolute atomic E-state index is 12.8. The minimum absolute atomic E-state index is 0.0462. The molecule has 5 N–H and O–H groups in total. The number of halogens is 2. The molecule has 0 heterocycles. The van der Waals surface area contributed by atoms with Crippen LogP contribution in [-0.4, -0.2) is 46.7 Å². The molecule has 8 nitrogen and oxygen atoms in total. The molecule has 10 heteroatoms. The van der Waals surface area contributed by atoms with Gasteiger partial charge in [-0.2, -0.15) is 0 Å². The predicted octanol–water partition coefficient (Wildman–Crippen LogP) is 3.37. The van der Waals surface area contributed by atoms with Crippen molar-refractivity contribution in [3.63, 3.8) is 0 Å². The van der Waals surface area contributed by atoms with Crippen LogP contribution in [0.1, 0.15) is 25.8 Å². The number of aliphatic hydroxyl groups is 1. The van der Waals surface area contributed by atoms with Crippen molar-refractivity contribution in [2.24, 2.45) is 5.92 Å². The highest BCUT2D eigenvalue weighted by molar-refractivity contribution is 6.39. The zero-order valence-corrected chi connectivity index (χ0v) is 19.8. The van der Waals surface area contributed by atoms with Crippen molar-refractivity contribution in [2.45, 2.75) is 38.8 Å². The SMILES string of the molecule is CC(C)C[C@H](NC(=O)Cc1ccccc1Nc1c(Cl)cccc1Cl)C(=O)N[C@@H](CO)C(=O)O. The first-order chi connectivity index (χ1) is 15.6. The third kappa shape index (κ3) is 7.92. The molecule has 0 saturated heterocycles. The molecular formula is C23H27Cl2N3O5. The Kier molecular flexibility index (Phi) is 9.96. The zero-order valence-electron chi connectivity index (χ0n) is 18.3. The summed E-state index contributed by atoms with van der Waals surface area (Å²) in [6, 6.07) is 9.81. The Hall–Kier alpha value is -2.81. The second-order valence-electron chi connectivity index (χ2n) is 7.89. The molecule has 0 spiro atoms. The molecule has 2 atom stereocenters.